The zero-order valence-corrected chi connectivity index (χ0v) is 13.8. The summed E-state index contributed by atoms with van der Waals surface area (Å²) in [5.74, 6) is 1.32. The Morgan fingerprint density at radius 2 is 2.10 bits per heavy atom. The molecule has 1 aromatic rings. The van der Waals surface area contributed by atoms with Gasteiger partial charge in [-0.15, -0.1) is 0 Å². The summed E-state index contributed by atoms with van der Waals surface area (Å²) >= 11 is 12.3. The molecule has 3 heteroatoms. The van der Waals surface area contributed by atoms with Crippen molar-refractivity contribution in [2.24, 2.45) is 11.8 Å². The van der Waals surface area contributed by atoms with Crippen LogP contribution < -0.4 is 0 Å². The molecule has 0 spiro atoms. The summed E-state index contributed by atoms with van der Waals surface area (Å²) in [5, 5.41) is 12.3. The molecule has 1 saturated carbocycles. The molecule has 1 fully saturated rings. The fraction of sp³-hybridized carbons (Fsp3) is 0.647. The van der Waals surface area contributed by atoms with E-state index in [0.29, 0.717) is 28.3 Å². The van der Waals surface area contributed by atoms with Gasteiger partial charge < -0.3 is 5.11 Å². The first kappa shape index (κ1) is 16.1. The van der Waals surface area contributed by atoms with Crippen molar-refractivity contribution in [3.05, 3.63) is 33.8 Å². The van der Waals surface area contributed by atoms with Gasteiger partial charge in [0.2, 0.25) is 0 Å². The van der Waals surface area contributed by atoms with Gasteiger partial charge >= 0.3 is 0 Å². The number of hydrogen-bond donors (Lipinski definition) is 1. The van der Waals surface area contributed by atoms with E-state index in [4.69, 9.17) is 23.2 Å². The van der Waals surface area contributed by atoms with Crippen LogP contribution in [0.1, 0.15) is 51.5 Å². The Kier molecular flexibility index (Phi) is 5.39. The van der Waals surface area contributed by atoms with Gasteiger partial charge in [0.25, 0.3) is 0 Å². The maximum absolute atomic E-state index is 10.9. The summed E-state index contributed by atoms with van der Waals surface area (Å²) in [6, 6.07) is 5.49. The Morgan fingerprint density at radius 3 is 2.80 bits per heavy atom. The molecule has 2 unspecified atom stereocenters. The molecule has 1 aromatic carbocycles. The number of benzene rings is 1. The number of rotatable bonds is 4. The van der Waals surface area contributed by atoms with Gasteiger partial charge in [-0.05, 0) is 54.9 Å². The van der Waals surface area contributed by atoms with Gasteiger partial charge in [-0.1, -0.05) is 49.9 Å². The van der Waals surface area contributed by atoms with E-state index in [1.165, 1.54) is 12.8 Å². The van der Waals surface area contributed by atoms with Crippen LogP contribution in [0.3, 0.4) is 0 Å². The molecular weight excluding hydrogens is 291 g/mol. The molecule has 2 rings (SSSR count). The second-order valence-corrected chi connectivity index (χ2v) is 7.57. The first-order valence-electron chi connectivity index (χ1n) is 7.54. The molecule has 0 heterocycles. The van der Waals surface area contributed by atoms with Crippen LogP contribution in [0, 0.1) is 11.8 Å². The summed E-state index contributed by atoms with van der Waals surface area (Å²) in [4.78, 5) is 0. The quantitative estimate of drug-likeness (QED) is 0.777. The lowest BCUT2D eigenvalue weighted by Gasteiger charge is -2.38. The first-order valence-corrected chi connectivity index (χ1v) is 8.30. The van der Waals surface area contributed by atoms with Crippen LogP contribution >= 0.6 is 23.2 Å². The zero-order valence-electron chi connectivity index (χ0n) is 12.3. The van der Waals surface area contributed by atoms with Gasteiger partial charge in [0.15, 0.2) is 0 Å². The highest BCUT2D eigenvalue weighted by atomic mass is 35.5. The molecular formula is C17H24Cl2O. The van der Waals surface area contributed by atoms with Crippen LogP contribution in [0.25, 0.3) is 0 Å². The molecule has 0 radical (unpaired) electrons. The molecule has 2 atom stereocenters. The molecule has 112 valence electrons. The molecule has 0 saturated heterocycles. The lowest BCUT2D eigenvalue weighted by molar-refractivity contribution is -0.0189. The van der Waals surface area contributed by atoms with E-state index < -0.39 is 5.60 Å². The molecule has 0 bridgehead atoms. The van der Waals surface area contributed by atoms with Gasteiger partial charge in [0.1, 0.15) is 0 Å². The predicted molar refractivity (Wildman–Crippen MR) is 86.5 cm³/mol. The lowest BCUT2D eigenvalue weighted by Crippen LogP contribution is -2.37. The SMILES string of the molecule is CC(C)CC1CCCC(O)(Cc2cc(Cl)ccc2Cl)C1. The summed E-state index contributed by atoms with van der Waals surface area (Å²) in [6.07, 6.45) is 5.90. The Balaban J connectivity index is 2.08. The smallest absolute Gasteiger partial charge is 0.0691 e. The number of halogens is 2. The second kappa shape index (κ2) is 6.68. The molecule has 1 nitrogen and oxygen atoms in total. The molecule has 0 amide bonds. The summed E-state index contributed by atoms with van der Waals surface area (Å²) < 4.78 is 0. The van der Waals surface area contributed by atoms with Crippen molar-refractivity contribution in [3.8, 4) is 0 Å². The summed E-state index contributed by atoms with van der Waals surface area (Å²) in [5.41, 5.74) is 0.346. The first-order chi connectivity index (χ1) is 9.38. The molecule has 20 heavy (non-hydrogen) atoms. The average Bonchev–Trinajstić information content (AvgIpc) is 2.32. The van der Waals surface area contributed by atoms with Crippen molar-refractivity contribution < 1.29 is 5.11 Å². The highest BCUT2D eigenvalue weighted by Gasteiger charge is 2.35. The van der Waals surface area contributed by atoms with Crippen molar-refractivity contribution in [2.75, 3.05) is 0 Å². The highest BCUT2D eigenvalue weighted by molar-refractivity contribution is 6.33. The topological polar surface area (TPSA) is 20.2 Å². The van der Waals surface area contributed by atoms with E-state index in [9.17, 15) is 5.11 Å². The lowest BCUT2D eigenvalue weighted by atomic mass is 9.73. The van der Waals surface area contributed by atoms with Crippen molar-refractivity contribution in [1.82, 2.24) is 0 Å². The Labute approximate surface area is 132 Å². The molecule has 1 aliphatic rings. The Hall–Kier alpha value is -0.240. The third-order valence-corrected chi connectivity index (χ3v) is 4.86. The number of hydrogen-bond acceptors (Lipinski definition) is 1. The van der Waals surface area contributed by atoms with E-state index in [1.807, 2.05) is 12.1 Å². The third-order valence-electron chi connectivity index (χ3n) is 4.26. The minimum Gasteiger partial charge on any atom is -0.390 e. The van der Waals surface area contributed by atoms with E-state index in [-0.39, 0.29) is 0 Å². The normalized spacial score (nSPS) is 27.0. The largest absolute Gasteiger partial charge is 0.390 e. The van der Waals surface area contributed by atoms with Gasteiger partial charge in [-0.3, -0.25) is 0 Å². The molecule has 0 aliphatic heterocycles. The maximum atomic E-state index is 10.9. The molecule has 1 N–H and O–H groups in total. The van der Waals surface area contributed by atoms with Crippen molar-refractivity contribution in [2.45, 2.75) is 58.0 Å². The third kappa shape index (κ3) is 4.38. The highest BCUT2D eigenvalue weighted by Crippen LogP contribution is 2.39. The van der Waals surface area contributed by atoms with Gasteiger partial charge in [0.05, 0.1) is 5.60 Å². The Morgan fingerprint density at radius 1 is 1.35 bits per heavy atom. The van der Waals surface area contributed by atoms with E-state index in [0.717, 1.165) is 24.8 Å². The average molecular weight is 315 g/mol. The Bertz CT molecular complexity index is 458. The van der Waals surface area contributed by atoms with Gasteiger partial charge in [0, 0.05) is 16.5 Å². The van der Waals surface area contributed by atoms with E-state index in [1.54, 1.807) is 6.07 Å². The van der Waals surface area contributed by atoms with Gasteiger partial charge in [-0.25, -0.2) is 0 Å². The van der Waals surface area contributed by atoms with Crippen LogP contribution in [0.15, 0.2) is 18.2 Å². The van der Waals surface area contributed by atoms with Crippen LogP contribution in [-0.2, 0) is 6.42 Å². The van der Waals surface area contributed by atoms with Crippen LogP contribution in [0.2, 0.25) is 10.0 Å². The predicted octanol–water partition coefficient (Wildman–Crippen LogP) is 5.50. The van der Waals surface area contributed by atoms with E-state index >= 15 is 0 Å². The fourth-order valence-electron chi connectivity index (χ4n) is 3.52. The number of aliphatic hydroxyl groups is 1. The molecule has 1 aliphatic carbocycles. The minimum absolute atomic E-state index is 0.612. The van der Waals surface area contributed by atoms with Crippen LogP contribution in [0.5, 0.6) is 0 Å². The summed E-state index contributed by atoms with van der Waals surface area (Å²) in [7, 11) is 0. The van der Waals surface area contributed by atoms with Crippen molar-refractivity contribution in [1.29, 1.82) is 0 Å². The summed E-state index contributed by atoms with van der Waals surface area (Å²) in [6.45, 7) is 4.50. The standard InChI is InChI=1S/C17H24Cl2O/c1-12(2)8-13-4-3-7-17(20,10-13)11-14-9-15(18)5-6-16(14)19/h5-6,9,12-13,20H,3-4,7-8,10-11H2,1-2H3. The van der Waals surface area contributed by atoms with Gasteiger partial charge in [-0.2, -0.15) is 0 Å². The van der Waals surface area contributed by atoms with Crippen LogP contribution in [0.4, 0.5) is 0 Å². The second-order valence-electron chi connectivity index (χ2n) is 6.73. The molecule has 0 aromatic heterocycles. The van der Waals surface area contributed by atoms with Crippen LogP contribution in [-0.4, -0.2) is 10.7 Å². The van der Waals surface area contributed by atoms with Crippen molar-refractivity contribution >= 4 is 23.2 Å². The zero-order chi connectivity index (χ0) is 14.8. The van der Waals surface area contributed by atoms with E-state index in [2.05, 4.69) is 13.8 Å². The fourth-order valence-corrected chi connectivity index (χ4v) is 3.90. The minimum atomic E-state index is -0.619. The monoisotopic (exact) mass is 314 g/mol. The van der Waals surface area contributed by atoms with Crippen molar-refractivity contribution in [3.63, 3.8) is 0 Å². The maximum Gasteiger partial charge on any atom is 0.0691 e.